The Labute approximate surface area is 93.3 Å². The lowest BCUT2D eigenvalue weighted by molar-refractivity contribution is 0.591. The summed E-state index contributed by atoms with van der Waals surface area (Å²) in [6, 6.07) is 4.09. The van der Waals surface area contributed by atoms with Gasteiger partial charge in [0.15, 0.2) is 0 Å². The molecule has 2 nitrogen and oxygen atoms in total. The molecular weight excluding hydrogens is 240 g/mol. The van der Waals surface area contributed by atoms with Crippen molar-refractivity contribution in [3.63, 3.8) is 0 Å². The summed E-state index contributed by atoms with van der Waals surface area (Å²) in [5, 5.41) is 3.20. The molecule has 1 aromatic heterocycles. The molecule has 74 valence electrons. The van der Waals surface area contributed by atoms with Crippen LogP contribution in [0, 0.1) is 11.8 Å². The van der Waals surface area contributed by atoms with E-state index in [-0.39, 0.29) is 6.04 Å². The van der Waals surface area contributed by atoms with Gasteiger partial charge in [-0.15, -0.1) is 11.8 Å². The third-order valence-corrected chi connectivity index (χ3v) is 2.62. The van der Waals surface area contributed by atoms with Crippen LogP contribution < -0.4 is 5.32 Å². The van der Waals surface area contributed by atoms with E-state index in [0.717, 1.165) is 16.6 Å². The zero-order valence-electron chi connectivity index (χ0n) is 8.34. The van der Waals surface area contributed by atoms with Gasteiger partial charge in [0.1, 0.15) is 0 Å². The van der Waals surface area contributed by atoms with Crippen LogP contribution in [-0.2, 0) is 0 Å². The summed E-state index contributed by atoms with van der Waals surface area (Å²) in [4.78, 5) is 4.33. The summed E-state index contributed by atoms with van der Waals surface area (Å²) in [5.41, 5.74) is 1.01. The van der Waals surface area contributed by atoms with Crippen molar-refractivity contribution in [2.75, 3.05) is 7.05 Å². The van der Waals surface area contributed by atoms with Gasteiger partial charge < -0.3 is 5.32 Å². The predicted molar refractivity (Wildman–Crippen MR) is 61.8 cm³/mol. The van der Waals surface area contributed by atoms with E-state index >= 15 is 0 Å². The lowest BCUT2D eigenvalue weighted by Gasteiger charge is -2.13. The molecule has 0 radical (unpaired) electrons. The first-order valence-electron chi connectivity index (χ1n) is 4.47. The molecule has 0 spiro atoms. The zero-order chi connectivity index (χ0) is 10.4. The molecule has 0 aliphatic carbocycles. The molecule has 0 aromatic carbocycles. The second-order valence-corrected chi connectivity index (χ2v) is 3.70. The fourth-order valence-corrected chi connectivity index (χ4v) is 1.73. The van der Waals surface area contributed by atoms with Crippen LogP contribution in [0.25, 0.3) is 0 Å². The van der Waals surface area contributed by atoms with Crippen molar-refractivity contribution in [2.45, 2.75) is 19.4 Å². The molecule has 0 fully saturated rings. The van der Waals surface area contributed by atoms with Gasteiger partial charge in [-0.05, 0) is 42.0 Å². The minimum absolute atomic E-state index is 0.193. The van der Waals surface area contributed by atoms with Gasteiger partial charge in [0.2, 0.25) is 0 Å². The standard InChI is InChI=1S/C11H13BrN2/c1-3-4-7-10(13-2)11-9(12)6-5-8-14-11/h5-6,8,10,13H,7H2,1-2H3. The van der Waals surface area contributed by atoms with Gasteiger partial charge in [-0.3, -0.25) is 4.98 Å². The number of aromatic nitrogens is 1. The van der Waals surface area contributed by atoms with Crippen molar-refractivity contribution in [2.24, 2.45) is 0 Å². The van der Waals surface area contributed by atoms with E-state index in [2.05, 4.69) is 38.1 Å². The number of hydrogen-bond donors (Lipinski definition) is 1. The van der Waals surface area contributed by atoms with Gasteiger partial charge >= 0.3 is 0 Å². The van der Waals surface area contributed by atoms with Gasteiger partial charge in [0.05, 0.1) is 11.7 Å². The molecule has 14 heavy (non-hydrogen) atoms. The highest BCUT2D eigenvalue weighted by molar-refractivity contribution is 9.10. The molecule has 1 rings (SSSR count). The second-order valence-electron chi connectivity index (χ2n) is 2.84. The summed E-state index contributed by atoms with van der Waals surface area (Å²) >= 11 is 3.48. The largest absolute Gasteiger partial charge is 0.311 e. The average Bonchev–Trinajstić information content (AvgIpc) is 2.21. The van der Waals surface area contributed by atoms with E-state index in [1.165, 1.54) is 0 Å². The minimum atomic E-state index is 0.193. The highest BCUT2D eigenvalue weighted by Crippen LogP contribution is 2.22. The molecule has 0 saturated heterocycles. The average molecular weight is 253 g/mol. The van der Waals surface area contributed by atoms with Crippen LogP contribution in [0.2, 0.25) is 0 Å². The van der Waals surface area contributed by atoms with Crippen molar-refractivity contribution < 1.29 is 0 Å². The number of nitrogens with one attached hydrogen (secondary N) is 1. The van der Waals surface area contributed by atoms with Gasteiger partial charge in [-0.2, -0.15) is 0 Å². The van der Waals surface area contributed by atoms with Crippen molar-refractivity contribution >= 4 is 15.9 Å². The van der Waals surface area contributed by atoms with Crippen molar-refractivity contribution in [1.82, 2.24) is 10.3 Å². The Kier molecular flexibility index (Phi) is 4.64. The summed E-state index contributed by atoms with van der Waals surface area (Å²) in [5.74, 6) is 5.94. The predicted octanol–water partition coefficient (Wildman–Crippen LogP) is 2.52. The summed E-state index contributed by atoms with van der Waals surface area (Å²) < 4.78 is 1.03. The lowest BCUT2D eigenvalue weighted by Crippen LogP contribution is -2.17. The van der Waals surface area contributed by atoms with Crippen LogP contribution in [0.4, 0.5) is 0 Å². The third-order valence-electron chi connectivity index (χ3n) is 1.95. The lowest BCUT2D eigenvalue weighted by atomic mass is 10.1. The van der Waals surface area contributed by atoms with E-state index in [9.17, 15) is 0 Å². The molecule has 1 unspecified atom stereocenters. The third kappa shape index (κ3) is 2.83. The Hall–Kier alpha value is -0.850. The normalized spacial score (nSPS) is 11.6. The number of hydrogen-bond acceptors (Lipinski definition) is 2. The highest BCUT2D eigenvalue weighted by Gasteiger charge is 2.11. The quantitative estimate of drug-likeness (QED) is 0.837. The van der Waals surface area contributed by atoms with Crippen molar-refractivity contribution in [3.05, 3.63) is 28.5 Å². The molecule has 0 saturated carbocycles. The number of rotatable bonds is 3. The Balaban J connectivity index is 2.87. The Morgan fingerprint density at radius 3 is 3.00 bits per heavy atom. The summed E-state index contributed by atoms with van der Waals surface area (Å²) in [6.07, 6.45) is 2.58. The highest BCUT2D eigenvalue weighted by atomic mass is 79.9. The van der Waals surface area contributed by atoms with Crippen LogP contribution in [0.1, 0.15) is 25.1 Å². The topological polar surface area (TPSA) is 24.9 Å². The first-order valence-corrected chi connectivity index (χ1v) is 5.26. The van der Waals surface area contributed by atoms with Crippen LogP contribution in [0.3, 0.4) is 0 Å². The van der Waals surface area contributed by atoms with E-state index < -0.39 is 0 Å². The monoisotopic (exact) mass is 252 g/mol. The molecule has 1 atom stereocenters. The fourth-order valence-electron chi connectivity index (χ4n) is 1.19. The maximum Gasteiger partial charge on any atom is 0.0724 e. The molecule has 0 aliphatic heterocycles. The number of pyridine rings is 1. The van der Waals surface area contributed by atoms with E-state index in [0.29, 0.717) is 0 Å². The number of nitrogens with zero attached hydrogens (tertiary/aromatic N) is 1. The summed E-state index contributed by atoms with van der Waals surface area (Å²) in [7, 11) is 1.92. The van der Waals surface area contributed by atoms with E-state index in [1.807, 2.05) is 26.1 Å². The SMILES string of the molecule is CC#CCC(NC)c1ncccc1Br. The Morgan fingerprint density at radius 1 is 1.64 bits per heavy atom. The molecular formula is C11H13BrN2. The van der Waals surface area contributed by atoms with E-state index in [4.69, 9.17) is 0 Å². The molecule has 0 aliphatic rings. The first-order chi connectivity index (χ1) is 6.79. The Morgan fingerprint density at radius 2 is 2.43 bits per heavy atom. The summed E-state index contributed by atoms with van der Waals surface area (Å²) in [6.45, 7) is 1.85. The number of halogens is 1. The fraction of sp³-hybridized carbons (Fsp3) is 0.364. The first kappa shape index (κ1) is 11.2. The maximum absolute atomic E-state index is 4.33. The van der Waals surface area contributed by atoms with Crippen LogP contribution in [0.15, 0.2) is 22.8 Å². The molecule has 1 N–H and O–H groups in total. The smallest absolute Gasteiger partial charge is 0.0724 e. The molecule has 0 bridgehead atoms. The Bertz CT molecular complexity index is 352. The van der Waals surface area contributed by atoms with Crippen LogP contribution in [0.5, 0.6) is 0 Å². The van der Waals surface area contributed by atoms with Crippen molar-refractivity contribution in [3.8, 4) is 11.8 Å². The molecule has 1 heterocycles. The van der Waals surface area contributed by atoms with Crippen LogP contribution >= 0.6 is 15.9 Å². The van der Waals surface area contributed by atoms with Gasteiger partial charge in [-0.1, -0.05) is 0 Å². The van der Waals surface area contributed by atoms with Gasteiger partial charge in [0.25, 0.3) is 0 Å². The maximum atomic E-state index is 4.33. The van der Waals surface area contributed by atoms with Crippen LogP contribution in [-0.4, -0.2) is 12.0 Å². The van der Waals surface area contributed by atoms with Gasteiger partial charge in [0, 0.05) is 17.1 Å². The minimum Gasteiger partial charge on any atom is -0.311 e. The molecule has 0 amide bonds. The molecule has 3 heteroatoms. The second kappa shape index (κ2) is 5.79. The molecule has 1 aromatic rings. The zero-order valence-corrected chi connectivity index (χ0v) is 9.93. The van der Waals surface area contributed by atoms with Gasteiger partial charge in [-0.25, -0.2) is 0 Å². The van der Waals surface area contributed by atoms with Crippen molar-refractivity contribution in [1.29, 1.82) is 0 Å². The van der Waals surface area contributed by atoms with E-state index in [1.54, 1.807) is 6.20 Å².